The van der Waals surface area contributed by atoms with Crippen molar-refractivity contribution in [3.8, 4) is 28.6 Å². The molecule has 1 aliphatic heterocycles. The van der Waals surface area contributed by atoms with E-state index in [-0.39, 0.29) is 0 Å². The first kappa shape index (κ1) is 19.7. The summed E-state index contributed by atoms with van der Waals surface area (Å²) in [5.41, 5.74) is 5.74. The fraction of sp³-hybridized carbons (Fsp3) is 0.179. The van der Waals surface area contributed by atoms with Gasteiger partial charge in [0.05, 0.1) is 11.6 Å². The fourth-order valence-corrected chi connectivity index (χ4v) is 4.89. The number of imidazole rings is 1. The third-order valence-electron chi connectivity index (χ3n) is 6.59. The van der Waals surface area contributed by atoms with Crippen LogP contribution >= 0.6 is 0 Å². The minimum absolute atomic E-state index is 0.334. The van der Waals surface area contributed by atoms with Crippen molar-refractivity contribution in [2.24, 2.45) is 0 Å². The van der Waals surface area contributed by atoms with Crippen LogP contribution < -0.4 is 5.32 Å². The molecule has 0 aliphatic carbocycles. The number of hydrogen-bond donors (Lipinski definition) is 1. The van der Waals surface area contributed by atoms with Crippen LogP contribution in [0, 0.1) is 11.3 Å². The predicted molar refractivity (Wildman–Crippen MR) is 132 cm³/mol. The normalized spacial score (nSPS) is 14.5. The van der Waals surface area contributed by atoms with Crippen molar-refractivity contribution in [3.05, 3.63) is 84.6 Å². The highest BCUT2D eigenvalue weighted by molar-refractivity contribution is 5.95. The number of hydrogen-bond acceptors (Lipinski definition) is 4. The van der Waals surface area contributed by atoms with Gasteiger partial charge >= 0.3 is 0 Å². The lowest BCUT2D eigenvalue weighted by Gasteiger charge is -2.26. The lowest BCUT2D eigenvalue weighted by molar-refractivity contribution is 0.376. The summed E-state index contributed by atoms with van der Waals surface area (Å²) in [5.74, 6) is 0.919. The van der Waals surface area contributed by atoms with E-state index in [4.69, 9.17) is 9.97 Å². The van der Waals surface area contributed by atoms with Crippen LogP contribution in [0.25, 0.3) is 44.5 Å². The summed E-state index contributed by atoms with van der Waals surface area (Å²) in [4.78, 5) is 9.98. The molecule has 5 nitrogen and oxygen atoms in total. The van der Waals surface area contributed by atoms with Gasteiger partial charge in [0.15, 0.2) is 5.65 Å². The number of rotatable bonds is 3. The molecular weight excluding hydrogens is 406 g/mol. The maximum absolute atomic E-state index is 9.22. The van der Waals surface area contributed by atoms with E-state index in [9.17, 15) is 5.26 Å². The van der Waals surface area contributed by atoms with Gasteiger partial charge in [0.25, 0.3) is 0 Å². The quantitative estimate of drug-likeness (QED) is 0.399. The smallest absolute Gasteiger partial charge is 0.161 e. The summed E-state index contributed by atoms with van der Waals surface area (Å²) in [6.07, 6.45) is 3.97. The summed E-state index contributed by atoms with van der Waals surface area (Å²) < 4.78 is 2.32. The Hall–Kier alpha value is -4.01. The van der Waals surface area contributed by atoms with Gasteiger partial charge in [0, 0.05) is 23.4 Å². The largest absolute Gasteiger partial charge is 0.317 e. The Balaban J connectivity index is 1.58. The van der Waals surface area contributed by atoms with E-state index in [1.54, 1.807) is 0 Å². The molecule has 0 amide bonds. The molecule has 0 radical (unpaired) electrons. The summed E-state index contributed by atoms with van der Waals surface area (Å²) in [5, 5.41) is 15.1. The van der Waals surface area contributed by atoms with Gasteiger partial charge in [0.2, 0.25) is 0 Å². The minimum Gasteiger partial charge on any atom is -0.317 e. The minimum atomic E-state index is 0.334. The molecule has 2 aromatic heterocycles. The van der Waals surface area contributed by atoms with Crippen LogP contribution in [0.15, 0.2) is 79.0 Å². The zero-order valence-electron chi connectivity index (χ0n) is 18.2. The summed E-state index contributed by atoms with van der Waals surface area (Å²) >= 11 is 0. The molecule has 0 spiro atoms. The molecule has 0 bridgehead atoms. The molecule has 6 rings (SSSR count). The van der Waals surface area contributed by atoms with Gasteiger partial charge in [-0.3, -0.25) is 0 Å². The number of aromatic nitrogens is 3. The van der Waals surface area contributed by atoms with Crippen LogP contribution in [0.2, 0.25) is 0 Å². The zero-order valence-corrected chi connectivity index (χ0v) is 18.2. The van der Waals surface area contributed by atoms with Crippen LogP contribution in [0.5, 0.6) is 0 Å². The Morgan fingerprint density at radius 1 is 0.879 bits per heavy atom. The number of fused-ring (bicyclic) bond motifs is 2. The van der Waals surface area contributed by atoms with Gasteiger partial charge in [0.1, 0.15) is 11.3 Å². The Bertz CT molecular complexity index is 1500. The van der Waals surface area contributed by atoms with Crippen LogP contribution in [-0.4, -0.2) is 27.6 Å². The van der Waals surface area contributed by atoms with Crippen molar-refractivity contribution in [3.63, 3.8) is 0 Å². The molecule has 160 valence electrons. The van der Waals surface area contributed by atoms with E-state index in [2.05, 4.69) is 64.5 Å². The van der Waals surface area contributed by atoms with Gasteiger partial charge in [-0.25, -0.2) is 9.97 Å². The Morgan fingerprint density at radius 3 is 2.42 bits per heavy atom. The SMILES string of the molecule is N#Cc1ccc(-c2nc3c(-c4ccc5ccccc5c4)ccnc3n2C2CCNCC2)cc1. The maximum Gasteiger partial charge on any atom is 0.161 e. The molecule has 3 heterocycles. The van der Waals surface area contributed by atoms with Gasteiger partial charge in [-0.15, -0.1) is 0 Å². The van der Waals surface area contributed by atoms with E-state index in [0.717, 1.165) is 59.6 Å². The number of pyridine rings is 1. The van der Waals surface area contributed by atoms with Crippen LogP contribution in [0.1, 0.15) is 24.4 Å². The fourth-order valence-electron chi connectivity index (χ4n) is 4.89. The van der Waals surface area contributed by atoms with E-state index in [1.165, 1.54) is 10.8 Å². The summed E-state index contributed by atoms with van der Waals surface area (Å²) in [7, 11) is 0. The third kappa shape index (κ3) is 3.45. The lowest BCUT2D eigenvalue weighted by Crippen LogP contribution is -2.29. The molecule has 5 heteroatoms. The van der Waals surface area contributed by atoms with Crippen LogP contribution in [0.4, 0.5) is 0 Å². The molecule has 1 N–H and O–H groups in total. The lowest BCUT2D eigenvalue weighted by atomic mass is 10.0. The monoisotopic (exact) mass is 429 g/mol. The third-order valence-corrected chi connectivity index (χ3v) is 6.59. The summed E-state index contributed by atoms with van der Waals surface area (Å²) in [6.45, 7) is 1.98. The number of nitrogens with zero attached hydrogens (tertiary/aromatic N) is 4. The van der Waals surface area contributed by atoms with E-state index >= 15 is 0 Å². The second-order valence-corrected chi connectivity index (χ2v) is 8.57. The van der Waals surface area contributed by atoms with Crippen LogP contribution in [0.3, 0.4) is 0 Å². The molecule has 1 fully saturated rings. The molecule has 0 unspecified atom stereocenters. The van der Waals surface area contributed by atoms with E-state index < -0.39 is 0 Å². The van der Waals surface area contributed by atoms with Crippen molar-refractivity contribution in [2.45, 2.75) is 18.9 Å². The average Bonchev–Trinajstić information content (AvgIpc) is 3.29. The van der Waals surface area contributed by atoms with Gasteiger partial charge in [-0.05, 0) is 78.7 Å². The van der Waals surface area contributed by atoms with Gasteiger partial charge < -0.3 is 9.88 Å². The molecule has 0 saturated carbocycles. The zero-order chi connectivity index (χ0) is 22.2. The van der Waals surface area contributed by atoms with Crippen molar-refractivity contribution >= 4 is 21.9 Å². The first-order valence-electron chi connectivity index (χ1n) is 11.4. The second-order valence-electron chi connectivity index (χ2n) is 8.57. The van der Waals surface area contributed by atoms with Gasteiger partial charge in [-0.1, -0.05) is 36.4 Å². The van der Waals surface area contributed by atoms with Gasteiger partial charge in [-0.2, -0.15) is 5.26 Å². The highest BCUT2D eigenvalue weighted by atomic mass is 15.2. The number of nitrogens with one attached hydrogen (secondary N) is 1. The summed E-state index contributed by atoms with van der Waals surface area (Å²) in [6, 6.07) is 27.3. The second kappa shape index (κ2) is 8.16. The number of benzene rings is 3. The molecular formula is C28H23N5. The highest BCUT2D eigenvalue weighted by Gasteiger charge is 2.24. The van der Waals surface area contributed by atoms with Crippen molar-refractivity contribution in [1.82, 2.24) is 19.9 Å². The predicted octanol–water partition coefficient (Wildman–Crippen LogP) is 5.71. The number of piperidine rings is 1. The van der Waals surface area contributed by atoms with E-state index in [0.29, 0.717) is 11.6 Å². The topological polar surface area (TPSA) is 66.5 Å². The Morgan fingerprint density at radius 2 is 1.64 bits per heavy atom. The molecule has 5 aromatic rings. The Labute approximate surface area is 192 Å². The van der Waals surface area contributed by atoms with E-state index in [1.807, 2.05) is 30.5 Å². The molecule has 3 aromatic carbocycles. The van der Waals surface area contributed by atoms with Crippen LogP contribution in [-0.2, 0) is 0 Å². The maximum atomic E-state index is 9.22. The Kier molecular flexibility index (Phi) is 4.86. The van der Waals surface area contributed by atoms with Crippen molar-refractivity contribution in [1.29, 1.82) is 5.26 Å². The van der Waals surface area contributed by atoms with Crippen molar-refractivity contribution in [2.75, 3.05) is 13.1 Å². The first-order chi connectivity index (χ1) is 16.3. The molecule has 1 aliphatic rings. The molecule has 1 saturated heterocycles. The molecule has 33 heavy (non-hydrogen) atoms. The van der Waals surface area contributed by atoms with Crippen molar-refractivity contribution < 1.29 is 0 Å². The standard InChI is InChI=1S/C28H23N5/c29-18-19-5-7-21(8-6-19)27-32-26-25(23-10-9-20-3-1-2-4-22(20)17-23)13-16-31-28(26)33(27)24-11-14-30-15-12-24/h1-10,13,16-17,24,30H,11-12,14-15H2. The highest BCUT2D eigenvalue weighted by Crippen LogP contribution is 2.36. The molecule has 0 atom stereocenters. The first-order valence-corrected chi connectivity index (χ1v) is 11.4. The average molecular weight is 430 g/mol. The number of nitriles is 1.